The van der Waals surface area contributed by atoms with Crippen molar-refractivity contribution in [2.45, 2.75) is 17.4 Å². The fourth-order valence-corrected chi connectivity index (χ4v) is 3.52. The van der Waals surface area contributed by atoms with Gasteiger partial charge in [-0.3, -0.25) is 4.79 Å². The molecule has 0 spiro atoms. The van der Waals surface area contributed by atoms with Gasteiger partial charge in [-0.1, -0.05) is 46.3 Å². The molecule has 2 rings (SSSR count). The topological polar surface area (TPSA) is 72.5 Å². The van der Waals surface area contributed by atoms with Gasteiger partial charge in [-0.05, 0) is 29.8 Å². The van der Waals surface area contributed by atoms with Gasteiger partial charge in [-0.15, -0.1) is 0 Å². The number of hydrogen-bond donors (Lipinski definition) is 1. The number of hydrogen-bond acceptors (Lipinski definition) is 4. The average Bonchev–Trinajstić information content (AvgIpc) is 2.55. The van der Waals surface area contributed by atoms with Crippen molar-refractivity contribution in [1.29, 1.82) is 0 Å². The van der Waals surface area contributed by atoms with E-state index in [1.54, 1.807) is 36.4 Å². The van der Waals surface area contributed by atoms with E-state index >= 15 is 0 Å². The second kappa shape index (κ2) is 7.72. The quantitative estimate of drug-likeness (QED) is 0.760. The fraction of sp³-hybridized carbons (Fsp3) is 0.188. The van der Waals surface area contributed by atoms with Crippen molar-refractivity contribution in [2.75, 3.05) is 7.11 Å². The van der Waals surface area contributed by atoms with Gasteiger partial charge in [-0.25, -0.2) is 13.1 Å². The maximum Gasteiger partial charge on any atom is 0.307 e. The van der Waals surface area contributed by atoms with Crippen LogP contribution in [0.25, 0.3) is 0 Å². The van der Waals surface area contributed by atoms with E-state index in [1.165, 1.54) is 19.2 Å². The standard InChI is InChI=1S/C16H16BrNO4S/c1-22-16(19)11-15(12-5-3-2-4-6-12)18-23(20,21)14-9-7-13(17)8-10-14/h2-10,15,18H,11H2,1H3. The molecule has 0 aromatic heterocycles. The molecular formula is C16H16BrNO4S. The molecule has 1 unspecified atom stereocenters. The molecule has 1 N–H and O–H groups in total. The summed E-state index contributed by atoms with van der Waals surface area (Å²) < 4.78 is 33.0. The van der Waals surface area contributed by atoms with Gasteiger partial charge in [0.1, 0.15) is 0 Å². The minimum absolute atomic E-state index is 0.0870. The number of benzene rings is 2. The monoisotopic (exact) mass is 397 g/mol. The number of nitrogens with one attached hydrogen (secondary N) is 1. The zero-order chi connectivity index (χ0) is 16.9. The molecule has 0 heterocycles. The molecule has 0 saturated carbocycles. The van der Waals surface area contributed by atoms with Gasteiger partial charge < -0.3 is 4.74 Å². The molecule has 2 aromatic carbocycles. The highest BCUT2D eigenvalue weighted by molar-refractivity contribution is 9.10. The summed E-state index contributed by atoms with van der Waals surface area (Å²) in [5.74, 6) is -0.489. The van der Waals surface area contributed by atoms with Gasteiger partial charge in [0.25, 0.3) is 0 Å². The highest BCUT2D eigenvalue weighted by atomic mass is 79.9. The smallest absolute Gasteiger partial charge is 0.307 e. The van der Waals surface area contributed by atoms with Crippen molar-refractivity contribution < 1.29 is 17.9 Å². The van der Waals surface area contributed by atoms with Crippen LogP contribution in [0.3, 0.4) is 0 Å². The summed E-state index contributed by atoms with van der Waals surface area (Å²) in [6.45, 7) is 0. The number of methoxy groups -OCH3 is 1. The maximum atomic E-state index is 12.5. The summed E-state index contributed by atoms with van der Waals surface area (Å²) in [6.07, 6.45) is -0.0870. The van der Waals surface area contributed by atoms with E-state index in [0.717, 1.165) is 4.47 Å². The summed E-state index contributed by atoms with van der Waals surface area (Å²) in [6, 6.07) is 14.5. The molecule has 23 heavy (non-hydrogen) atoms. The van der Waals surface area contributed by atoms with Gasteiger partial charge in [0.15, 0.2) is 0 Å². The van der Waals surface area contributed by atoms with Gasteiger partial charge >= 0.3 is 5.97 Å². The maximum absolute atomic E-state index is 12.5. The SMILES string of the molecule is COC(=O)CC(NS(=O)(=O)c1ccc(Br)cc1)c1ccccc1. The second-order valence-electron chi connectivity index (χ2n) is 4.82. The van der Waals surface area contributed by atoms with Gasteiger partial charge in [0.05, 0.1) is 24.5 Å². The number of carbonyl (C=O) groups excluding carboxylic acids is 1. The molecule has 122 valence electrons. The number of ether oxygens (including phenoxy) is 1. The molecule has 1 atom stereocenters. The minimum atomic E-state index is -3.76. The summed E-state index contributed by atoms with van der Waals surface area (Å²) >= 11 is 3.27. The highest BCUT2D eigenvalue weighted by Gasteiger charge is 2.24. The van der Waals surface area contributed by atoms with Crippen LogP contribution < -0.4 is 4.72 Å². The molecule has 0 aliphatic carbocycles. The van der Waals surface area contributed by atoms with E-state index in [-0.39, 0.29) is 11.3 Å². The van der Waals surface area contributed by atoms with E-state index in [1.807, 2.05) is 6.07 Å². The van der Waals surface area contributed by atoms with E-state index in [4.69, 9.17) is 0 Å². The Morgan fingerprint density at radius 3 is 2.30 bits per heavy atom. The molecule has 0 aliphatic rings. The first-order valence-corrected chi connectivity index (χ1v) is 9.09. The molecule has 0 radical (unpaired) electrons. The van der Waals surface area contributed by atoms with Crippen LogP contribution in [0.1, 0.15) is 18.0 Å². The Bertz CT molecular complexity index is 760. The molecule has 0 bridgehead atoms. The normalized spacial score (nSPS) is 12.6. The molecule has 0 aliphatic heterocycles. The molecule has 0 saturated heterocycles. The third-order valence-corrected chi connectivity index (χ3v) is 5.24. The Kier molecular flexibility index (Phi) is 5.92. The summed E-state index contributed by atoms with van der Waals surface area (Å²) in [7, 11) is -2.49. The Morgan fingerprint density at radius 1 is 1.13 bits per heavy atom. The van der Waals surface area contributed by atoms with Crippen LogP contribution in [0.2, 0.25) is 0 Å². The first-order valence-electron chi connectivity index (χ1n) is 6.82. The van der Waals surface area contributed by atoms with Crippen molar-refractivity contribution in [3.63, 3.8) is 0 Å². The van der Waals surface area contributed by atoms with Crippen LogP contribution in [0.4, 0.5) is 0 Å². The zero-order valence-electron chi connectivity index (χ0n) is 12.4. The van der Waals surface area contributed by atoms with E-state index in [0.29, 0.717) is 5.56 Å². The third kappa shape index (κ3) is 4.89. The largest absolute Gasteiger partial charge is 0.469 e. The highest BCUT2D eigenvalue weighted by Crippen LogP contribution is 2.22. The number of halogens is 1. The van der Waals surface area contributed by atoms with Crippen molar-refractivity contribution in [3.8, 4) is 0 Å². The van der Waals surface area contributed by atoms with Crippen LogP contribution >= 0.6 is 15.9 Å². The first kappa shape index (κ1) is 17.7. The fourth-order valence-electron chi connectivity index (χ4n) is 2.03. The molecule has 0 amide bonds. The Balaban J connectivity index is 2.29. The van der Waals surface area contributed by atoms with Gasteiger partial charge in [-0.2, -0.15) is 0 Å². The van der Waals surface area contributed by atoms with E-state index in [2.05, 4.69) is 25.4 Å². The van der Waals surface area contributed by atoms with Crippen LogP contribution in [0.15, 0.2) is 64.0 Å². The number of carbonyl (C=O) groups is 1. The second-order valence-corrected chi connectivity index (χ2v) is 7.45. The summed E-state index contributed by atoms with van der Waals surface area (Å²) in [5, 5.41) is 0. The Hall–Kier alpha value is -1.70. The third-order valence-electron chi connectivity index (χ3n) is 3.22. The predicted molar refractivity (Wildman–Crippen MR) is 90.3 cm³/mol. The van der Waals surface area contributed by atoms with Gasteiger partial charge in [0.2, 0.25) is 10.0 Å². The molecule has 0 fully saturated rings. The van der Waals surface area contributed by atoms with Crippen molar-refractivity contribution in [3.05, 3.63) is 64.6 Å². The lowest BCUT2D eigenvalue weighted by atomic mass is 10.1. The van der Waals surface area contributed by atoms with Crippen molar-refractivity contribution in [2.24, 2.45) is 0 Å². The van der Waals surface area contributed by atoms with Crippen LogP contribution in [-0.4, -0.2) is 21.5 Å². The average molecular weight is 398 g/mol. The van der Waals surface area contributed by atoms with E-state index < -0.39 is 22.0 Å². The lowest BCUT2D eigenvalue weighted by Gasteiger charge is -2.18. The lowest BCUT2D eigenvalue weighted by molar-refractivity contribution is -0.141. The van der Waals surface area contributed by atoms with Crippen molar-refractivity contribution >= 4 is 31.9 Å². The van der Waals surface area contributed by atoms with Crippen LogP contribution in [-0.2, 0) is 19.6 Å². The lowest BCUT2D eigenvalue weighted by Crippen LogP contribution is -2.30. The summed E-state index contributed by atoms with van der Waals surface area (Å²) in [5.41, 5.74) is 0.693. The minimum Gasteiger partial charge on any atom is -0.469 e. The molecule has 7 heteroatoms. The van der Waals surface area contributed by atoms with Gasteiger partial charge in [0, 0.05) is 4.47 Å². The predicted octanol–water partition coefficient (Wildman–Crippen LogP) is 3.03. The van der Waals surface area contributed by atoms with E-state index in [9.17, 15) is 13.2 Å². The molecule has 5 nitrogen and oxygen atoms in total. The Morgan fingerprint density at radius 2 is 1.74 bits per heavy atom. The molecule has 2 aromatic rings. The van der Waals surface area contributed by atoms with Crippen molar-refractivity contribution in [1.82, 2.24) is 4.72 Å². The zero-order valence-corrected chi connectivity index (χ0v) is 14.8. The Labute approximate surface area is 143 Å². The van der Waals surface area contributed by atoms with Crippen LogP contribution in [0.5, 0.6) is 0 Å². The summed E-state index contributed by atoms with van der Waals surface area (Å²) in [4.78, 5) is 11.7. The first-order chi connectivity index (χ1) is 10.9. The number of sulfonamides is 1. The molecular weight excluding hydrogens is 382 g/mol. The number of rotatable bonds is 6. The number of esters is 1. The van der Waals surface area contributed by atoms with Crippen LogP contribution in [0, 0.1) is 0 Å².